The molecular weight excluding hydrogens is 188 g/mol. The van der Waals surface area contributed by atoms with Crippen molar-refractivity contribution < 1.29 is 0 Å². The molecule has 1 atom stereocenters. The lowest BCUT2D eigenvalue weighted by molar-refractivity contribution is 0.206. The fraction of sp³-hybridized carbons (Fsp3) is 0.818. The zero-order valence-corrected chi connectivity index (χ0v) is 10.4. The maximum absolute atomic E-state index is 4.29. The number of hydrogen-bond donors (Lipinski definition) is 1. The van der Waals surface area contributed by atoms with Crippen molar-refractivity contribution in [1.29, 1.82) is 0 Å². The number of aryl methyl sites for hydroxylation is 1. The predicted molar refractivity (Wildman–Crippen MR) is 61.6 cm³/mol. The molecule has 1 heterocycles. The van der Waals surface area contributed by atoms with Gasteiger partial charge in [-0.05, 0) is 18.4 Å². The molecule has 0 aromatic carbocycles. The minimum Gasteiger partial charge on any atom is -0.319 e. The van der Waals surface area contributed by atoms with E-state index in [2.05, 4.69) is 36.2 Å². The van der Waals surface area contributed by atoms with Crippen LogP contribution in [-0.2, 0) is 13.5 Å². The first-order chi connectivity index (χ1) is 6.99. The molecule has 4 heteroatoms. The SMILES string of the molecule is CNCC(C)(Cc1ncnn1C)C(C)C. The van der Waals surface area contributed by atoms with Crippen LogP contribution < -0.4 is 5.32 Å². The van der Waals surface area contributed by atoms with Gasteiger partial charge in [0.15, 0.2) is 0 Å². The molecule has 0 fully saturated rings. The summed E-state index contributed by atoms with van der Waals surface area (Å²) < 4.78 is 1.86. The Hall–Kier alpha value is -0.900. The van der Waals surface area contributed by atoms with E-state index in [0.29, 0.717) is 5.92 Å². The second kappa shape index (κ2) is 4.75. The van der Waals surface area contributed by atoms with E-state index in [0.717, 1.165) is 18.8 Å². The number of aromatic nitrogens is 3. The van der Waals surface area contributed by atoms with Crippen molar-refractivity contribution in [2.24, 2.45) is 18.4 Å². The Morgan fingerprint density at radius 2 is 2.20 bits per heavy atom. The third kappa shape index (κ3) is 2.78. The predicted octanol–water partition coefficient (Wildman–Crippen LogP) is 1.24. The Morgan fingerprint density at radius 3 is 2.60 bits per heavy atom. The van der Waals surface area contributed by atoms with E-state index >= 15 is 0 Å². The first-order valence-corrected chi connectivity index (χ1v) is 5.47. The van der Waals surface area contributed by atoms with Crippen LogP contribution in [-0.4, -0.2) is 28.4 Å². The van der Waals surface area contributed by atoms with Crippen molar-refractivity contribution in [2.75, 3.05) is 13.6 Å². The normalized spacial score (nSPS) is 15.6. The first-order valence-electron chi connectivity index (χ1n) is 5.47. The van der Waals surface area contributed by atoms with Crippen molar-refractivity contribution in [2.45, 2.75) is 27.2 Å². The van der Waals surface area contributed by atoms with E-state index in [1.807, 2.05) is 18.8 Å². The molecule has 86 valence electrons. The molecule has 0 amide bonds. The summed E-state index contributed by atoms with van der Waals surface area (Å²) in [6.45, 7) is 7.81. The monoisotopic (exact) mass is 210 g/mol. The van der Waals surface area contributed by atoms with Gasteiger partial charge in [-0.1, -0.05) is 20.8 Å². The highest BCUT2D eigenvalue weighted by atomic mass is 15.3. The van der Waals surface area contributed by atoms with Crippen molar-refractivity contribution in [3.05, 3.63) is 12.2 Å². The van der Waals surface area contributed by atoms with Crippen LogP contribution in [0.15, 0.2) is 6.33 Å². The Labute approximate surface area is 92.1 Å². The van der Waals surface area contributed by atoms with Gasteiger partial charge in [-0.25, -0.2) is 4.98 Å². The molecule has 0 aliphatic carbocycles. The van der Waals surface area contributed by atoms with Crippen LogP contribution in [0.2, 0.25) is 0 Å². The van der Waals surface area contributed by atoms with Gasteiger partial charge in [-0.2, -0.15) is 5.10 Å². The third-order valence-electron chi connectivity index (χ3n) is 3.34. The highest BCUT2D eigenvalue weighted by molar-refractivity contribution is 4.94. The van der Waals surface area contributed by atoms with Gasteiger partial charge in [0.1, 0.15) is 12.2 Å². The van der Waals surface area contributed by atoms with Crippen LogP contribution >= 0.6 is 0 Å². The van der Waals surface area contributed by atoms with Gasteiger partial charge in [-0.15, -0.1) is 0 Å². The summed E-state index contributed by atoms with van der Waals surface area (Å²) in [5, 5.41) is 7.37. The molecule has 0 aliphatic rings. The second-order valence-corrected chi connectivity index (χ2v) is 4.82. The van der Waals surface area contributed by atoms with E-state index < -0.39 is 0 Å². The van der Waals surface area contributed by atoms with Crippen molar-refractivity contribution in [1.82, 2.24) is 20.1 Å². The molecule has 0 saturated carbocycles. The fourth-order valence-electron chi connectivity index (χ4n) is 1.72. The van der Waals surface area contributed by atoms with Crippen molar-refractivity contribution in [3.63, 3.8) is 0 Å². The van der Waals surface area contributed by atoms with Crippen LogP contribution in [0, 0.1) is 11.3 Å². The van der Waals surface area contributed by atoms with Gasteiger partial charge in [-0.3, -0.25) is 4.68 Å². The second-order valence-electron chi connectivity index (χ2n) is 4.82. The molecule has 0 saturated heterocycles. The molecule has 0 spiro atoms. The zero-order valence-electron chi connectivity index (χ0n) is 10.4. The highest BCUT2D eigenvalue weighted by Gasteiger charge is 2.29. The molecule has 0 bridgehead atoms. The Morgan fingerprint density at radius 1 is 1.53 bits per heavy atom. The molecule has 4 nitrogen and oxygen atoms in total. The van der Waals surface area contributed by atoms with Crippen LogP contribution in [0.5, 0.6) is 0 Å². The maximum atomic E-state index is 4.29. The lowest BCUT2D eigenvalue weighted by Crippen LogP contribution is -2.37. The van der Waals surface area contributed by atoms with E-state index in [1.54, 1.807) is 6.33 Å². The van der Waals surface area contributed by atoms with Gasteiger partial charge in [0, 0.05) is 20.0 Å². The van der Waals surface area contributed by atoms with Crippen molar-refractivity contribution in [3.8, 4) is 0 Å². The van der Waals surface area contributed by atoms with E-state index in [4.69, 9.17) is 0 Å². The molecule has 1 N–H and O–H groups in total. The summed E-state index contributed by atoms with van der Waals surface area (Å²) in [6.07, 6.45) is 2.58. The number of hydrogen-bond acceptors (Lipinski definition) is 3. The van der Waals surface area contributed by atoms with Crippen LogP contribution in [0.4, 0.5) is 0 Å². The summed E-state index contributed by atoms with van der Waals surface area (Å²) >= 11 is 0. The molecule has 1 aromatic rings. The third-order valence-corrected chi connectivity index (χ3v) is 3.34. The minimum absolute atomic E-state index is 0.232. The number of nitrogens with zero attached hydrogens (tertiary/aromatic N) is 3. The molecule has 1 unspecified atom stereocenters. The average Bonchev–Trinajstić information content (AvgIpc) is 2.52. The van der Waals surface area contributed by atoms with Crippen molar-refractivity contribution >= 4 is 0 Å². The largest absolute Gasteiger partial charge is 0.319 e. The highest BCUT2D eigenvalue weighted by Crippen LogP contribution is 2.29. The minimum atomic E-state index is 0.232. The summed E-state index contributed by atoms with van der Waals surface area (Å²) in [7, 11) is 3.94. The van der Waals surface area contributed by atoms with E-state index in [-0.39, 0.29) is 5.41 Å². The van der Waals surface area contributed by atoms with Gasteiger partial charge >= 0.3 is 0 Å². The summed E-state index contributed by atoms with van der Waals surface area (Å²) in [4.78, 5) is 4.29. The molecule has 0 radical (unpaired) electrons. The molecule has 1 aromatic heterocycles. The molecule has 1 rings (SSSR count). The number of rotatable bonds is 5. The summed E-state index contributed by atoms with van der Waals surface area (Å²) in [5.41, 5.74) is 0.232. The van der Waals surface area contributed by atoms with Gasteiger partial charge in [0.2, 0.25) is 0 Å². The Bertz CT molecular complexity index is 305. The average molecular weight is 210 g/mol. The lowest BCUT2D eigenvalue weighted by atomic mass is 9.76. The van der Waals surface area contributed by atoms with Gasteiger partial charge < -0.3 is 5.32 Å². The van der Waals surface area contributed by atoms with Crippen LogP contribution in [0.3, 0.4) is 0 Å². The van der Waals surface area contributed by atoms with Gasteiger partial charge in [0.25, 0.3) is 0 Å². The Kier molecular flexibility index (Phi) is 3.85. The zero-order chi connectivity index (χ0) is 11.5. The lowest BCUT2D eigenvalue weighted by Gasteiger charge is -2.33. The van der Waals surface area contributed by atoms with E-state index in [1.165, 1.54) is 0 Å². The molecule has 0 aliphatic heterocycles. The van der Waals surface area contributed by atoms with Crippen LogP contribution in [0.1, 0.15) is 26.6 Å². The topological polar surface area (TPSA) is 42.7 Å². The molecule has 15 heavy (non-hydrogen) atoms. The van der Waals surface area contributed by atoms with E-state index in [9.17, 15) is 0 Å². The maximum Gasteiger partial charge on any atom is 0.138 e. The van der Waals surface area contributed by atoms with Crippen LogP contribution in [0.25, 0.3) is 0 Å². The molecular formula is C11H22N4. The first kappa shape index (κ1) is 12.2. The standard InChI is InChI=1S/C11H22N4/c1-9(2)11(3,7-12-4)6-10-13-8-14-15(10)5/h8-9,12H,6-7H2,1-5H3. The quantitative estimate of drug-likeness (QED) is 0.795. The summed E-state index contributed by atoms with van der Waals surface area (Å²) in [5.74, 6) is 1.67. The fourth-order valence-corrected chi connectivity index (χ4v) is 1.72. The van der Waals surface area contributed by atoms with Gasteiger partial charge in [0.05, 0.1) is 0 Å². The smallest absolute Gasteiger partial charge is 0.138 e. The Balaban J connectivity index is 2.79. The number of nitrogens with one attached hydrogen (secondary N) is 1. The summed E-state index contributed by atoms with van der Waals surface area (Å²) in [6, 6.07) is 0.